The highest BCUT2D eigenvalue weighted by molar-refractivity contribution is 5.89. The minimum atomic E-state index is -0.117. The highest BCUT2D eigenvalue weighted by atomic mass is 16.2. The highest BCUT2D eigenvalue weighted by Gasteiger charge is 2.35. The van der Waals surface area contributed by atoms with Crippen LogP contribution >= 0.6 is 0 Å². The van der Waals surface area contributed by atoms with Crippen LogP contribution in [0.4, 0.5) is 0 Å². The zero-order valence-electron chi connectivity index (χ0n) is 10.7. The lowest BCUT2D eigenvalue weighted by molar-refractivity contribution is -0.135. The van der Waals surface area contributed by atoms with Crippen molar-refractivity contribution in [2.24, 2.45) is 17.8 Å². The van der Waals surface area contributed by atoms with Crippen LogP contribution in [0, 0.1) is 17.8 Å². The maximum absolute atomic E-state index is 12.3. The standard InChI is InChI=1S/C13H21N3O2/c17-12-5-11(8-15-12)13(18)16-3-1-9-6-14-7-10(9)2-4-16/h9-11,14H,1-8H2,(H,15,17)/t9-,10+,11?. The molecule has 3 atom stereocenters. The average molecular weight is 251 g/mol. The van der Waals surface area contributed by atoms with Crippen LogP contribution in [0.5, 0.6) is 0 Å². The summed E-state index contributed by atoms with van der Waals surface area (Å²) < 4.78 is 0. The van der Waals surface area contributed by atoms with Crippen molar-refractivity contribution in [2.45, 2.75) is 19.3 Å². The lowest BCUT2D eigenvalue weighted by Crippen LogP contribution is -2.38. The summed E-state index contributed by atoms with van der Waals surface area (Å²) in [5.74, 6) is 1.57. The molecule has 0 aromatic rings. The molecule has 0 radical (unpaired) electrons. The first-order valence-corrected chi connectivity index (χ1v) is 7.00. The van der Waals surface area contributed by atoms with Gasteiger partial charge in [-0.1, -0.05) is 0 Å². The van der Waals surface area contributed by atoms with Crippen molar-refractivity contribution in [1.29, 1.82) is 0 Å². The fourth-order valence-electron chi connectivity index (χ4n) is 3.48. The van der Waals surface area contributed by atoms with Crippen molar-refractivity contribution in [3.05, 3.63) is 0 Å². The Morgan fingerprint density at radius 2 is 1.78 bits per heavy atom. The van der Waals surface area contributed by atoms with Gasteiger partial charge in [0.1, 0.15) is 0 Å². The van der Waals surface area contributed by atoms with E-state index in [2.05, 4.69) is 10.6 Å². The summed E-state index contributed by atoms with van der Waals surface area (Å²) in [4.78, 5) is 25.5. The summed E-state index contributed by atoms with van der Waals surface area (Å²) in [5.41, 5.74) is 0. The Bertz CT molecular complexity index is 344. The average Bonchev–Trinajstić information content (AvgIpc) is 2.94. The van der Waals surface area contributed by atoms with Gasteiger partial charge in [-0.2, -0.15) is 0 Å². The Labute approximate surface area is 107 Å². The molecule has 0 saturated carbocycles. The fraction of sp³-hybridized carbons (Fsp3) is 0.846. The molecular weight excluding hydrogens is 230 g/mol. The number of hydrogen-bond donors (Lipinski definition) is 2. The Balaban J connectivity index is 1.59. The lowest BCUT2D eigenvalue weighted by Gasteiger charge is -2.23. The van der Waals surface area contributed by atoms with E-state index in [-0.39, 0.29) is 17.7 Å². The zero-order valence-corrected chi connectivity index (χ0v) is 10.7. The van der Waals surface area contributed by atoms with Crippen molar-refractivity contribution in [2.75, 3.05) is 32.7 Å². The van der Waals surface area contributed by atoms with E-state index in [1.54, 1.807) is 0 Å². The van der Waals surface area contributed by atoms with Gasteiger partial charge in [0.15, 0.2) is 0 Å². The first-order valence-electron chi connectivity index (χ1n) is 7.00. The molecule has 3 aliphatic heterocycles. The van der Waals surface area contributed by atoms with Crippen LogP contribution in [0.1, 0.15) is 19.3 Å². The molecule has 0 bridgehead atoms. The quantitative estimate of drug-likeness (QED) is 0.665. The van der Waals surface area contributed by atoms with Gasteiger partial charge in [0, 0.05) is 26.1 Å². The van der Waals surface area contributed by atoms with E-state index in [1.807, 2.05) is 4.90 Å². The third kappa shape index (κ3) is 2.23. The molecule has 3 heterocycles. The number of amides is 2. The minimum absolute atomic E-state index is 0.0178. The molecule has 1 unspecified atom stereocenters. The monoisotopic (exact) mass is 251 g/mol. The molecule has 3 rings (SSSR count). The number of nitrogens with zero attached hydrogens (tertiary/aromatic N) is 1. The van der Waals surface area contributed by atoms with Crippen LogP contribution in [-0.4, -0.2) is 49.4 Å². The molecule has 18 heavy (non-hydrogen) atoms. The summed E-state index contributed by atoms with van der Waals surface area (Å²) in [6.07, 6.45) is 2.60. The van der Waals surface area contributed by atoms with Crippen LogP contribution in [-0.2, 0) is 9.59 Å². The second kappa shape index (κ2) is 4.88. The third-order valence-electron chi connectivity index (χ3n) is 4.66. The van der Waals surface area contributed by atoms with Crippen molar-refractivity contribution in [1.82, 2.24) is 15.5 Å². The van der Waals surface area contributed by atoms with Crippen molar-refractivity contribution >= 4 is 11.8 Å². The van der Waals surface area contributed by atoms with Crippen molar-refractivity contribution < 1.29 is 9.59 Å². The van der Waals surface area contributed by atoms with Gasteiger partial charge in [0.2, 0.25) is 11.8 Å². The first-order chi connectivity index (χ1) is 8.74. The highest BCUT2D eigenvalue weighted by Crippen LogP contribution is 2.28. The van der Waals surface area contributed by atoms with Gasteiger partial charge in [-0.3, -0.25) is 9.59 Å². The summed E-state index contributed by atoms with van der Waals surface area (Å²) in [7, 11) is 0. The largest absolute Gasteiger partial charge is 0.355 e. The molecule has 0 spiro atoms. The van der Waals surface area contributed by atoms with Gasteiger partial charge >= 0.3 is 0 Å². The predicted octanol–water partition coefficient (Wildman–Crippen LogP) is -0.419. The van der Waals surface area contributed by atoms with Crippen molar-refractivity contribution in [3.63, 3.8) is 0 Å². The number of fused-ring (bicyclic) bond motifs is 1. The molecule has 2 amide bonds. The molecule has 3 saturated heterocycles. The zero-order chi connectivity index (χ0) is 12.5. The molecule has 5 nitrogen and oxygen atoms in total. The number of hydrogen-bond acceptors (Lipinski definition) is 3. The summed E-state index contributed by atoms with van der Waals surface area (Å²) in [6.45, 7) is 4.48. The smallest absolute Gasteiger partial charge is 0.227 e. The Hall–Kier alpha value is -1.10. The molecule has 2 N–H and O–H groups in total. The van der Waals surface area contributed by atoms with Crippen LogP contribution < -0.4 is 10.6 Å². The van der Waals surface area contributed by atoms with E-state index in [0.717, 1.165) is 50.9 Å². The SMILES string of the molecule is O=C1CC(C(=O)N2CC[C@@H]3CNC[C@@H]3CC2)CN1. The topological polar surface area (TPSA) is 61.4 Å². The van der Waals surface area contributed by atoms with Gasteiger partial charge in [0.05, 0.1) is 5.92 Å². The fourth-order valence-corrected chi connectivity index (χ4v) is 3.48. The van der Waals surface area contributed by atoms with Crippen molar-refractivity contribution in [3.8, 4) is 0 Å². The number of likely N-dealkylation sites (tertiary alicyclic amines) is 1. The van der Waals surface area contributed by atoms with E-state index < -0.39 is 0 Å². The normalized spacial score (nSPS) is 36.1. The van der Waals surface area contributed by atoms with E-state index in [0.29, 0.717) is 13.0 Å². The minimum Gasteiger partial charge on any atom is -0.355 e. The Morgan fingerprint density at radius 1 is 1.11 bits per heavy atom. The lowest BCUT2D eigenvalue weighted by atomic mass is 9.92. The summed E-state index contributed by atoms with van der Waals surface area (Å²) in [6, 6.07) is 0. The van der Waals surface area contributed by atoms with Gasteiger partial charge in [0.25, 0.3) is 0 Å². The van der Waals surface area contributed by atoms with Crippen LogP contribution in [0.3, 0.4) is 0 Å². The third-order valence-corrected chi connectivity index (χ3v) is 4.66. The second-order valence-corrected chi connectivity index (χ2v) is 5.79. The van der Waals surface area contributed by atoms with E-state index in [1.165, 1.54) is 0 Å². The molecule has 5 heteroatoms. The molecule has 3 fully saturated rings. The molecule has 3 aliphatic rings. The molecule has 0 aromatic carbocycles. The first kappa shape index (κ1) is 12.0. The maximum Gasteiger partial charge on any atom is 0.227 e. The van der Waals surface area contributed by atoms with E-state index >= 15 is 0 Å². The number of rotatable bonds is 1. The molecule has 0 aliphatic carbocycles. The molecule has 100 valence electrons. The van der Waals surface area contributed by atoms with Crippen LogP contribution in [0.25, 0.3) is 0 Å². The number of carbonyl (C=O) groups is 2. The second-order valence-electron chi connectivity index (χ2n) is 5.79. The van der Waals surface area contributed by atoms with Crippen LogP contribution in [0.15, 0.2) is 0 Å². The number of nitrogens with one attached hydrogen (secondary N) is 2. The molecule has 0 aromatic heterocycles. The maximum atomic E-state index is 12.3. The summed E-state index contributed by atoms with van der Waals surface area (Å²) in [5, 5.41) is 6.19. The van der Waals surface area contributed by atoms with E-state index in [4.69, 9.17) is 0 Å². The predicted molar refractivity (Wildman–Crippen MR) is 66.8 cm³/mol. The van der Waals surface area contributed by atoms with E-state index in [9.17, 15) is 9.59 Å². The van der Waals surface area contributed by atoms with Gasteiger partial charge < -0.3 is 15.5 Å². The summed E-state index contributed by atoms with van der Waals surface area (Å²) >= 11 is 0. The molecular formula is C13H21N3O2. The van der Waals surface area contributed by atoms with Gasteiger partial charge in [-0.15, -0.1) is 0 Å². The Morgan fingerprint density at radius 3 is 2.33 bits per heavy atom. The van der Waals surface area contributed by atoms with Crippen LogP contribution in [0.2, 0.25) is 0 Å². The Kier molecular flexibility index (Phi) is 3.24. The van der Waals surface area contributed by atoms with Gasteiger partial charge in [-0.25, -0.2) is 0 Å². The number of carbonyl (C=O) groups excluding carboxylic acids is 2. The van der Waals surface area contributed by atoms with Gasteiger partial charge in [-0.05, 0) is 37.8 Å².